The van der Waals surface area contributed by atoms with Crippen LogP contribution >= 0.6 is 12.4 Å². The minimum Gasteiger partial charge on any atom is -0.286 e. The largest absolute Gasteiger partial charge is 0.286 e. The van der Waals surface area contributed by atoms with Crippen LogP contribution in [0.2, 0.25) is 0 Å². The summed E-state index contributed by atoms with van der Waals surface area (Å²) in [6.45, 7) is 2.26. The van der Waals surface area contributed by atoms with Gasteiger partial charge in [-0.25, -0.2) is 0 Å². The Labute approximate surface area is 151 Å². The highest BCUT2D eigenvalue weighted by Crippen LogP contribution is 2.13. The lowest BCUT2D eigenvalue weighted by Gasteiger charge is -2.03. The van der Waals surface area contributed by atoms with Crippen molar-refractivity contribution in [3.8, 4) is 0 Å². The minimum absolute atomic E-state index is 0. The standard InChI is InChI=1S/C18H38O3S.ClH/c1-2-3-4-5-6-7-8-9-10-11-12-13-14-15-16-17-18-22(19,20)21;/h2-18H2,1H3,(H,19,20,21);1H. The third kappa shape index (κ3) is 24.6. The molecule has 0 aromatic heterocycles. The molecule has 0 heterocycles. The summed E-state index contributed by atoms with van der Waals surface area (Å²) in [6.07, 6.45) is 20.3. The first-order chi connectivity index (χ1) is 10.6. The SMILES string of the molecule is CCCCCCCCCCCCCCCCCCS(=O)(=O)O.Cl. The van der Waals surface area contributed by atoms with Gasteiger partial charge in [0.15, 0.2) is 0 Å². The van der Waals surface area contributed by atoms with Crippen LogP contribution in [-0.2, 0) is 10.1 Å². The molecule has 0 aliphatic rings. The van der Waals surface area contributed by atoms with Crippen molar-refractivity contribution in [2.75, 3.05) is 5.75 Å². The fourth-order valence-electron chi connectivity index (χ4n) is 2.83. The van der Waals surface area contributed by atoms with Gasteiger partial charge >= 0.3 is 0 Å². The van der Waals surface area contributed by atoms with Crippen LogP contribution in [0.25, 0.3) is 0 Å². The van der Waals surface area contributed by atoms with Gasteiger partial charge in [-0.2, -0.15) is 8.42 Å². The maximum atomic E-state index is 10.5. The summed E-state index contributed by atoms with van der Waals surface area (Å²) in [5.41, 5.74) is 0. The zero-order valence-corrected chi connectivity index (χ0v) is 16.7. The Kier molecular flexibility index (Phi) is 20.5. The van der Waals surface area contributed by atoms with Crippen LogP contribution in [0.15, 0.2) is 0 Å². The highest BCUT2D eigenvalue weighted by molar-refractivity contribution is 7.85. The average molecular weight is 371 g/mol. The van der Waals surface area contributed by atoms with Crippen LogP contribution in [0.5, 0.6) is 0 Å². The molecule has 0 aliphatic carbocycles. The number of rotatable bonds is 17. The van der Waals surface area contributed by atoms with Crippen molar-refractivity contribution in [3.63, 3.8) is 0 Å². The Morgan fingerprint density at radius 1 is 0.565 bits per heavy atom. The van der Waals surface area contributed by atoms with Gasteiger partial charge in [0.1, 0.15) is 0 Å². The molecule has 5 heteroatoms. The van der Waals surface area contributed by atoms with E-state index in [0.717, 1.165) is 12.8 Å². The summed E-state index contributed by atoms with van der Waals surface area (Å²) in [5, 5.41) is 0. The maximum Gasteiger partial charge on any atom is 0.264 e. The lowest BCUT2D eigenvalue weighted by Crippen LogP contribution is -2.03. The normalized spacial score (nSPS) is 11.4. The van der Waals surface area contributed by atoms with Gasteiger partial charge in [-0.3, -0.25) is 4.55 Å². The summed E-state index contributed by atoms with van der Waals surface area (Å²) in [5.74, 6) is -0.0779. The first kappa shape index (κ1) is 25.4. The summed E-state index contributed by atoms with van der Waals surface area (Å²) in [6, 6.07) is 0. The summed E-state index contributed by atoms with van der Waals surface area (Å²) < 4.78 is 29.7. The molecule has 0 radical (unpaired) electrons. The van der Waals surface area contributed by atoms with E-state index in [1.165, 1.54) is 83.5 Å². The molecule has 142 valence electrons. The van der Waals surface area contributed by atoms with Gasteiger partial charge in [0, 0.05) is 0 Å². The predicted molar refractivity (Wildman–Crippen MR) is 103 cm³/mol. The number of unbranched alkanes of at least 4 members (excludes halogenated alkanes) is 15. The second-order valence-electron chi connectivity index (χ2n) is 6.59. The van der Waals surface area contributed by atoms with Gasteiger partial charge in [0.05, 0.1) is 5.75 Å². The second-order valence-corrected chi connectivity index (χ2v) is 8.16. The molecule has 0 aromatic rings. The van der Waals surface area contributed by atoms with Crippen molar-refractivity contribution in [1.82, 2.24) is 0 Å². The molecule has 0 bridgehead atoms. The molecule has 0 aromatic carbocycles. The smallest absolute Gasteiger partial charge is 0.264 e. The van der Waals surface area contributed by atoms with Gasteiger partial charge in [-0.15, -0.1) is 12.4 Å². The fraction of sp³-hybridized carbons (Fsp3) is 1.00. The molecule has 0 spiro atoms. The number of hydrogen-bond donors (Lipinski definition) is 1. The van der Waals surface area contributed by atoms with Crippen LogP contribution in [0.1, 0.15) is 110 Å². The Morgan fingerprint density at radius 3 is 1.09 bits per heavy atom. The summed E-state index contributed by atoms with van der Waals surface area (Å²) >= 11 is 0. The lowest BCUT2D eigenvalue weighted by atomic mass is 10.0. The van der Waals surface area contributed by atoms with Crippen LogP contribution in [0.4, 0.5) is 0 Å². The van der Waals surface area contributed by atoms with E-state index in [1.54, 1.807) is 0 Å². The van der Waals surface area contributed by atoms with Gasteiger partial charge in [-0.1, -0.05) is 103 Å². The summed E-state index contributed by atoms with van der Waals surface area (Å²) in [4.78, 5) is 0. The van der Waals surface area contributed by atoms with E-state index >= 15 is 0 Å². The zero-order chi connectivity index (χ0) is 16.5. The average Bonchev–Trinajstić information content (AvgIpc) is 2.45. The number of hydrogen-bond acceptors (Lipinski definition) is 2. The molecule has 0 atom stereocenters. The van der Waals surface area contributed by atoms with Crippen molar-refractivity contribution >= 4 is 22.5 Å². The highest BCUT2D eigenvalue weighted by Gasteiger charge is 2.02. The second kappa shape index (κ2) is 18.5. The Morgan fingerprint density at radius 2 is 0.826 bits per heavy atom. The molecule has 0 saturated heterocycles. The summed E-state index contributed by atoms with van der Waals surface area (Å²) in [7, 11) is -3.74. The third-order valence-corrected chi connectivity index (χ3v) is 5.06. The Hall–Kier alpha value is 0.200. The monoisotopic (exact) mass is 370 g/mol. The van der Waals surface area contributed by atoms with Gasteiger partial charge in [-0.05, 0) is 6.42 Å². The molecule has 1 N–H and O–H groups in total. The van der Waals surface area contributed by atoms with Crippen LogP contribution in [0.3, 0.4) is 0 Å². The van der Waals surface area contributed by atoms with E-state index in [-0.39, 0.29) is 18.2 Å². The molecule has 0 saturated carbocycles. The Balaban J connectivity index is 0. The topological polar surface area (TPSA) is 54.4 Å². The molecule has 0 fully saturated rings. The van der Waals surface area contributed by atoms with Crippen molar-refractivity contribution in [2.24, 2.45) is 0 Å². The first-order valence-corrected chi connectivity index (χ1v) is 11.1. The molecule has 0 rings (SSSR count). The van der Waals surface area contributed by atoms with Crippen molar-refractivity contribution < 1.29 is 13.0 Å². The molecule has 0 amide bonds. The molecule has 0 aliphatic heterocycles. The molecular weight excluding hydrogens is 332 g/mol. The molecule has 0 unspecified atom stereocenters. The van der Waals surface area contributed by atoms with E-state index in [4.69, 9.17) is 4.55 Å². The quantitative estimate of drug-likeness (QED) is 0.233. The zero-order valence-electron chi connectivity index (χ0n) is 15.1. The molecule has 23 heavy (non-hydrogen) atoms. The van der Waals surface area contributed by atoms with Crippen molar-refractivity contribution in [3.05, 3.63) is 0 Å². The van der Waals surface area contributed by atoms with Gasteiger partial charge in [0.25, 0.3) is 10.1 Å². The molecule has 3 nitrogen and oxygen atoms in total. The maximum absolute atomic E-state index is 10.5. The Bertz CT molecular complexity index is 318. The van der Waals surface area contributed by atoms with Crippen LogP contribution < -0.4 is 0 Å². The van der Waals surface area contributed by atoms with Crippen LogP contribution in [-0.4, -0.2) is 18.7 Å². The first-order valence-electron chi connectivity index (χ1n) is 9.51. The highest BCUT2D eigenvalue weighted by atomic mass is 35.5. The minimum atomic E-state index is -3.74. The van der Waals surface area contributed by atoms with Crippen molar-refractivity contribution in [1.29, 1.82) is 0 Å². The predicted octanol–water partition coefficient (Wildman–Crippen LogP) is 6.56. The van der Waals surface area contributed by atoms with E-state index in [9.17, 15) is 8.42 Å². The third-order valence-electron chi connectivity index (χ3n) is 4.26. The fourth-order valence-corrected chi connectivity index (χ4v) is 3.40. The van der Waals surface area contributed by atoms with E-state index < -0.39 is 10.1 Å². The van der Waals surface area contributed by atoms with Crippen molar-refractivity contribution in [2.45, 2.75) is 110 Å². The van der Waals surface area contributed by atoms with E-state index in [0.29, 0.717) is 6.42 Å². The van der Waals surface area contributed by atoms with E-state index in [1.807, 2.05) is 0 Å². The lowest BCUT2D eigenvalue weighted by molar-refractivity contribution is 0.478. The van der Waals surface area contributed by atoms with E-state index in [2.05, 4.69) is 6.92 Å². The van der Waals surface area contributed by atoms with Gasteiger partial charge in [0.2, 0.25) is 0 Å². The molecular formula is C18H39ClO3S. The number of halogens is 1. The van der Waals surface area contributed by atoms with Gasteiger partial charge < -0.3 is 0 Å². The van der Waals surface area contributed by atoms with Crippen LogP contribution in [0, 0.1) is 0 Å².